The van der Waals surface area contributed by atoms with Gasteiger partial charge in [-0.05, 0) is 44.2 Å². The zero-order chi connectivity index (χ0) is 17.9. The highest BCUT2D eigenvalue weighted by atomic mass is 35.5. The van der Waals surface area contributed by atoms with Gasteiger partial charge in [0.2, 0.25) is 0 Å². The number of carbonyl (C=O) groups excluding carboxylic acids is 2. The second-order valence-electron chi connectivity index (χ2n) is 5.18. The van der Waals surface area contributed by atoms with Crippen LogP contribution >= 0.6 is 11.6 Å². The average Bonchev–Trinajstić information content (AvgIpc) is 2.52. The number of hydrogen-bond acceptors (Lipinski definition) is 4. The van der Waals surface area contributed by atoms with Crippen LogP contribution in [-0.4, -0.2) is 23.1 Å². The SMILES string of the molecule is Cc1ccc(O)c(C(=O)OC(C)C(=O)Nc2ccc(F)cc2Cl)c1. The number of phenolic OH excluding ortho intramolecular Hbond substituents is 1. The third-order valence-corrected chi connectivity index (χ3v) is 3.53. The molecule has 0 heterocycles. The Labute approximate surface area is 143 Å². The quantitative estimate of drug-likeness (QED) is 0.824. The number of aryl methyl sites for hydroxylation is 1. The van der Waals surface area contributed by atoms with Crippen LogP contribution in [0.5, 0.6) is 5.75 Å². The van der Waals surface area contributed by atoms with Crippen LogP contribution in [0.3, 0.4) is 0 Å². The van der Waals surface area contributed by atoms with Gasteiger partial charge in [-0.2, -0.15) is 0 Å². The van der Waals surface area contributed by atoms with E-state index in [2.05, 4.69) is 5.32 Å². The van der Waals surface area contributed by atoms with Crippen LogP contribution in [0.25, 0.3) is 0 Å². The zero-order valence-corrected chi connectivity index (χ0v) is 13.7. The number of ether oxygens (including phenoxy) is 1. The monoisotopic (exact) mass is 351 g/mol. The van der Waals surface area contributed by atoms with Crippen molar-refractivity contribution in [2.75, 3.05) is 5.32 Å². The first-order valence-corrected chi connectivity index (χ1v) is 7.42. The second kappa shape index (κ2) is 7.31. The number of rotatable bonds is 4. The Balaban J connectivity index is 2.05. The van der Waals surface area contributed by atoms with Gasteiger partial charge in [0, 0.05) is 0 Å². The number of halogens is 2. The molecule has 7 heteroatoms. The summed E-state index contributed by atoms with van der Waals surface area (Å²) in [5.74, 6) is -2.24. The summed E-state index contributed by atoms with van der Waals surface area (Å²) in [5.41, 5.74) is 0.925. The molecule has 1 amide bonds. The first-order valence-electron chi connectivity index (χ1n) is 7.04. The van der Waals surface area contributed by atoms with E-state index in [1.165, 1.54) is 25.1 Å². The van der Waals surface area contributed by atoms with Gasteiger partial charge in [-0.1, -0.05) is 23.2 Å². The molecule has 0 radical (unpaired) electrons. The molecule has 0 saturated heterocycles. The van der Waals surface area contributed by atoms with Crippen molar-refractivity contribution in [3.8, 4) is 5.75 Å². The van der Waals surface area contributed by atoms with Gasteiger partial charge in [-0.3, -0.25) is 4.79 Å². The molecule has 1 unspecified atom stereocenters. The van der Waals surface area contributed by atoms with E-state index in [9.17, 15) is 19.1 Å². The molecular weight excluding hydrogens is 337 g/mol. The highest BCUT2D eigenvalue weighted by molar-refractivity contribution is 6.33. The zero-order valence-electron chi connectivity index (χ0n) is 13.0. The van der Waals surface area contributed by atoms with Crippen LogP contribution in [0, 0.1) is 12.7 Å². The number of benzene rings is 2. The smallest absolute Gasteiger partial charge is 0.342 e. The molecule has 2 aromatic carbocycles. The molecule has 0 spiro atoms. The first-order chi connectivity index (χ1) is 11.3. The van der Waals surface area contributed by atoms with Crippen LogP contribution in [0.2, 0.25) is 5.02 Å². The van der Waals surface area contributed by atoms with Crippen LogP contribution in [0.4, 0.5) is 10.1 Å². The average molecular weight is 352 g/mol. The van der Waals surface area contributed by atoms with Crippen molar-refractivity contribution in [1.82, 2.24) is 0 Å². The summed E-state index contributed by atoms with van der Waals surface area (Å²) >= 11 is 5.82. The Morgan fingerprint density at radius 1 is 1.25 bits per heavy atom. The minimum atomic E-state index is -1.14. The van der Waals surface area contributed by atoms with E-state index in [-0.39, 0.29) is 22.0 Å². The number of anilines is 1. The van der Waals surface area contributed by atoms with Crippen molar-refractivity contribution in [3.63, 3.8) is 0 Å². The minimum absolute atomic E-state index is 0.0261. The molecule has 1 atom stereocenters. The molecule has 0 aliphatic rings. The molecule has 0 aliphatic carbocycles. The molecule has 0 fully saturated rings. The summed E-state index contributed by atoms with van der Waals surface area (Å²) in [7, 11) is 0. The Morgan fingerprint density at radius 3 is 2.62 bits per heavy atom. The molecule has 0 aliphatic heterocycles. The number of hydrogen-bond donors (Lipinski definition) is 2. The Hall–Kier alpha value is -2.60. The third-order valence-electron chi connectivity index (χ3n) is 3.21. The highest BCUT2D eigenvalue weighted by Crippen LogP contribution is 2.23. The second-order valence-corrected chi connectivity index (χ2v) is 5.59. The lowest BCUT2D eigenvalue weighted by molar-refractivity contribution is -0.123. The highest BCUT2D eigenvalue weighted by Gasteiger charge is 2.21. The van der Waals surface area contributed by atoms with Crippen molar-refractivity contribution in [1.29, 1.82) is 0 Å². The van der Waals surface area contributed by atoms with Crippen LogP contribution < -0.4 is 5.32 Å². The Morgan fingerprint density at radius 2 is 1.96 bits per heavy atom. The fraction of sp³-hybridized carbons (Fsp3) is 0.176. The molecule has 0 saturated carbocycles. The number of nitrogens with one attached hydrogen (secondary N) is 1. The summed E-state index contributed by atoms with van der Waals surface area (Å²) < 4.78 is 18.0. The standard InChI is InChI=1S/C17H15ClFNO4/c1-9-3-6-15(21)12(7-9)17(23)24-10(2)16(22)20-14-5-4-11(19)8-13(14)18/h3-8,10,21H,1-2H3,(H,20,22). The summed E-state index contributed by atoms with van der Waals surface area (Å²) in [5, 5.41) is 12.2. The predicted molar refractivity (Wildman–Crippen MR) is 87.8 cm³/mol. The Bertz CT molecular complexity index is 794. The van der Waals surface area contributed by atoms with Gasteiger partial charge in [0.1, 0.15) is 17.1 Å². The van der Waals surface area contributed by atoms with E-state index in [0.29, 0.717) is 0 Å². The molecular formula is C17H15ClFNO4. The van der Waals surface area contributed by atoms with Crippen molar-refractivity contribution < 1.29 is 23.8 Å². The molecule has 2 N–H and O–H groups in total. The molecule has 0 aromatic heterocycles. The van der Waals surface area contributed by atoms with Crippen molar-refractivity contribution >= 4 is 29.2 Å². The van der Waals surface area contributed by atoms with E-state index in [4.69, 9.17) is 16.3 Å². The summed E-state index contributed by atoms with van der Waals surface area (Å²) in [6.45, 7) is 3.13. The topological polar surface area (TPSA) is 75.6 Å². The molecule has 126 valence electrons. The largest absolute Gasteiger partial charge is 0.507 e. The van der Waals surface area contributed by atoms with Crippen molar-refractivity contribution in [3.05, 3.63) is 58.4 Å². The summed E-state index contributed by atoms with van der Waals surface area (Å²) in [4.78, 5) is 24.1. The maximum atomic E-state index is 13.0. The number of esters is 1. The lowest BCUT2D eigenvalue weighted by atomic mass is 10.1. The van der Waals surface area contributed by atoms with E-state index >= 15 is 0 Å². The fourth-order valence-corrected chi connectivity index (χ4v) is 2.13. The number of phenols is 1. The van der Waals surface area contributed by atoms with E-state index in [0.717, 1.165) is 17.7 Å². The van der Waals surface area contributed by atoms with Gasteiger partial charge in [0.15, 0.2) is 6.10 Å². The van der Waals surface area contributed by atoms with Crippen molar-refractivity contribution in [2.24, 2.45) is 0 Å². The molecule has 5 nitrogen and oxygen atoms in total. The maximum absolute atomic E-state index is 13.0. The minimum Gasteiger partial charge on any atom is -0.507 e. The fourth-order valence-electron chi connectivity index (χ4n) is 1.92. The number of carbonyl (C=O) groups is 2. The van der Waals surface area contributed by atoms with Gasteiger partial charge < -0.3 is 15.2 Å². The van der Waals surface area contributed by atoms with Crippen LogP contribution in [0.1, 0.15) is 22.8 Å². The van der Waals surface area contributed by atoms with E-state index in [1.54, 1.807) is 13.0 Å². The van der Waals surface area contributed by atoms with Crippen molar-refractivity contribution in [2.45, 2.75) is 20.0 Å². The van der Waals surface area contributed by atoms with Gasteiger partial charge in [0.05, 0.1) is 10.7 Å². The Kier molecular flexibility index (Phi) is 5.41. The van der Waals surface area contributed by atoms with Crippen LogP contribution in [-0.2, 0) is 9.53 Å². The lowest BCUT2D eigenvalue weighted by Gasteiger charge is -2.15. The van der Waals surface area contributed by atoms with E-state index in [1.807, 2.05) is 0 Å². The molecule has 2 aromatic rings. The van der Waals surface area contributed by atoms with Gasteiger partial charge in [-0.15, -0.1) is 0 Å². The van der Waals surface area contributed by atoms with E-state index < -0.39 is 23.8 Å². The molecule has 0 bridgehead atoms. The summed E-state index contributed by atoms with van der Waals surface area (Å²) in [6, 6.07) is 7.96. The number of amides is 1. The van der Waals surface area contributed by atoms with Gasteiger partial charge in [0.25, 0.3) is 5.91 Å². The summed E-state index contributed by atoms with van der Waals surface area (Å²) in [6.07, 6.45) is -1.14. The normalized spacial score (nSPS) is 11.7. The van der Waals surface area contributed by atoms with Gasteiger partial charge in [-0.25, -0.2) is 9.18 Å². The number of aromatic hydroxyl groups is 1. The first kappa shape index (κ1) is 17.7. The lowest BCUT2D eigenvalue weighted by Crippen LogP contribution is -2.30. The van der Waals surface area contributed by atoms with Gasteiger partial charge >= 0.3 is 5.97 Å². The maximum Gasteiger partial charge on any atom is 0.342 e. The van der Waals surface area contributed by atoms with Crippen LogP contribution in [0.15, 0.2) is 36.4 Å². The molecule has 2 rings (SSSR count). The third kappa shape index (κ3) is 4.23. The predicted octanol–water partition coefficient (Wildman–Crippen LogP) is 3.68. The molecule has 24 heavy (non-hydrogen) atoms.